The van der Waals surface area contributed by atoms with E-state index >= 15 is 0 Å². The number of nitrogens with one attached hydrogen (secondary N) is 1. The Labute approximate surface area is 115 Å². The van der Waals surface area contributed by atoms with Crippen molar-refractivity contribution in [2.75, 3.05) is 6.54 Å². The van der Waals surface area contributed by atoms with Gasteiger partial charge in [-0.25, -0.2) is 13.2 Å². The van der Waals surface area contributed by atoms with Crippen LogP contribution >= 0.6 is 0 Å². The van der Waals surface area contributed by atoms with Crippen LogP contribution < -0.4 is 11.1 Å². The number of amides is 1. The molecule has 1 aliphatic carbocycles. The summed E-state index contributed by atoms with van der Waals surface area (Å²) in [5.41, 5.74) is 5.13. The van der Waals surface area contributed by atoms with E-state index in [-0.39, 0.29) is 18.5 Å². The lowest BCUT2D eigenvalue weighted by Gasteiger charge is -2.23. The highest BCUT2D eigenvalue weighted by atomic mass is 19.2. The molecule has 1 amide bonds. The molecule has 2 rings (SSSR count). The Balaban J connectivity index is 2.13. The first kappa shape index (κ1) is 14.8. The molecule has 1 saturated carbocycles. The zero-order valence-corrected chi connectivity index (χ0v) is 11.0. The van der Waals surface area contributed by atoms with Crippen LogP contribution in [0.3, 0.4) is 0 Å². The summed E-state index contributed by atoms with van der Waals surface area (Å²) >= 11 is 0. The summed E-state index contributed by atoms with van der Waals surface area (Å²) in [5.74, 6) is -4.92. The molecule has 0 spiro atoms. The molecule has 1 aromatic carbocycles. The molecule has 1 unspecified atom stereocenters. The van der Waals surface area contributed by atoms with Crippen LogP contribution in [0.1, 0.15) is 36.0 Å². The Morgan fingerprint density at radius 1 is 1.25 bits per heavy atom. The summed E-state index contributed by atoms with van der Waals surface area (Å²) in [6.45, 7) is 0.238. The lowest BCUT2D eigenvalue weighted by molar-refractivity contribution is 0.0918. The number of nitrogens with two attached hydrogens (primary N) is 1. The van der Waals surface area contributed by atoms with Gasteiger partial charge in [0.1, 0.15) is 0 Å². The number of benzene rings is 1. The molecule has 110 valence electrons. The van der Waals surface area contributed by atoms with Gasteiger partial charge in [-0.1, -0.05) is 12.8 Å². The van der Waals surface area contributed by atoms with Crippen LogP contribution in [0.25, 0.3) is 0 Å². The Morgan fingerprint density at radius 2 is 1.90 bits per heavy atom. The Bertz CT molecular complexity index is 501. The minimum atomic E-state index is -1.64. The number of rotatable bonds is 4. The monoisotopic (exact) mass is 286 g/mol. The number of hydrogen-bond acceptors (Lipinski definition) is 2. The summed E-state index contributed by atoms with van der Waals surface area (Å²) in [6, 6.07) is 1.41. The molecular formula is C14H17F3N2O. The zero-order valence-electron chi connectivity index (χ0n) is 11.0. The first-order valence-corrected chi connectivity index (χ1v) is 6.69. The Morgan fingerprint density at radius 3 is 2.50 bits per heavy atom. The molecule has 0 saturated heterocycles. The number of carbonyl (C=O) groups excluding carboxylic acids is 1. The van der Waals surface area contributed by atoms with E-state index in [2.05, 4.69) is 5.32 Å². The van der Waals surface area contributed by atoms with Crippen molar-refractivity contribution < 1.29 is 18.0 Å². The van der Waals surface area contributed by atoms with Gasteiger partial charge in [0.15, 0.2) is 17.5 Å². The molecule has 1 aliphatic rings. The number of halogens is 3. The molecule has 3 N–H and O–H groups in total. The Hall–Kier alpha value is -1.56. The summed E-state index contributed by atoms with van der Waals surface area (Å²) in [4.78, 5) is 12.0. The molecule has 1 aromatic rings. The number of hydrogen-bond donors (Lipinski definition) is 2. The lowest BCUT2D eigenvalue weighted by atomic mass is 9.98. The predicted molar refractivity (Wildman–Crippen MR) is 68.6 cm³/mol. The maximum absolute atomic E-state index is 13.5. The average molecular weight is 286 g/mol. The highest BCUT2D eigenvalue weighted by Crippen LogP contribution is 2.27. The molecule has 0 aromatic heterocycles. The van der Waals surface area contributed by atoms with E-state index in [9.17, 15) is 18.0 Å². The SMILES string of the molecule is NCC(NC(=O)c1ccc(F)c(F)c1F)C1CCCC1. The van der Waals surface area contributed by atoms with Crippen molar-refractivity contribution in [1.82, 2.24) is 5.32 Å². The molecule has 3 nitrogen and oxygen atoms in total. The van der Waals surface area contributed by atoms with Gasteiger partial charge in [-0.15, -0.1) is 0 Å². The van der Waals surface area contributed by atoms with E-state index in [1.54, 1.807) is 0 Å². The van der Waals surface area contributed by atoms with Crippen LogP contribution in [0.15, 0.2) is 12.1 Å². The fourth-order valence-electron chi connectivity index (χ4n) is 2.68. The molecular weight excluding hydrogens is 269 g/mol. The van der Waals surface area contributed by atoms with E-state index in [0.717, 1.165) is 37.8 Å². The standard InChI is InChI=1S/C14H17F3N2O/c15-10-6-5-9(12(16)13(10)17)14(20)19-11(7-18)8-3-1-2-4-8/h5-6,8,11H,1-4,7,18H2,(H,19,20). The van der Waals surface area contributed by atoms with Crippen molar-refractivity contribution in [3.63, 3.8) is 0 Å². The van der Waals surface area contributed by atoms with Gasteiger partial charge in [0.25, 0.3) is 5.91 Å². The molecule has 6 heteroatoms. The maximum Gasteiger partial charge on any atom is 0.254 e. The fraction of sp³-hybridized carbons (Fsp3) is 0.500. The van der Waals surface area contributed by atoms with Gasteiger partial charge in [0, 0.05) is 12.6 Å². The third-order valence-electron chi connectivity index (χ3n) is 3.82. The van der Waals surface area contributed by atoms with Crippen LogP contribution in [0.5, 0.6) is 0 Å². The molecule has 0 radical (unpaired) electrons. The summed E-state index contributed by atoms with van der Waals surface area (Å²) in [5, 5.41) is 2.62. The van der Waals surface area contributed by atoms with Gasteiger partial charge in [0.2, 0.25) is 0 Å². The van der Waals surface area contributed by atoms with Gasteiger partial charge in [-0.2, -0.15) is 0 Å². The lowest BCUT2D eigenvalue weighted by Crippen LogP contribution is -2.44. The fourth-order valence-corrected chi connectivity index (χ4v) is 2.68. The largest absolute Gasteiger partial charge is 0.348 e. The molecule has 1 fully saturated rings. The van der Waals surface area contributed by atoms with Gasteiger partial charge in [0.05, 0.1) is 5.56 Å². The summed E-state index contributed by atoms with van der Waals surface area (Å²) in [6.07, 6.45) is 4.08. The second-order valence-corrected chi connectivity index (χ2v) is 5.08. The third kappa shape index (κ3) is 2.95. The third-order valence-corrected chi connectivity index (χ3v) is 3.82. The van der Waals surface area contributed by atoms with Crippen LogP contribution in [-0.2, 0) is 0 Å². The normalized spacial score (nSPS) is 17.2. The van der Waals surface area contributed by atoms with Gasteiger partial charge < -0.3 is 11.1 Å². The average Bonchev–Trinajstić information content (AvgIpc) is 2.96. The van der Waals surface area contributed by atoms with Crippen molar-refractivity contribution in [2.45, 2.75) is 31.7 Å². The summed E-state index contributed by atoms with van der Waals surface area (Å²) in [7, 11) is 0. The molecule has 1 atom stereocenters. The smallest absolute Gasteiger partial charge is 0.254 e. The van der Waals surface area contributed by atoms with Gasteiger partial charge >= 0.3 is 0 Å². The van der Waals surface area contributed by atoms with Gasteiger partial charge in [-0.3, -0.25) is 4.79 Å². The summed E-state index contributed by atoms with van der Waals surface area (Å²) < 4.78 is 39.5. The Kier molecular flexibility index (Phi) is 4.65. The topological polar surface area (TPSA) is 55.1 Å². The van der Waals surface area contributed by atoms with E-state index in [0.29, 0.717) is 0 Å². The first-order valence-electron chi connectivity index (χ1n) is 6.69. The highest BCUT2D eigenvalue weighted by molar-refractivity contribution is 5.94. The van der Waals surface area contributed by atoms with Gasteiger partial charge in [-0.05, 0) is 30.9 Å². The minimum absolute atomic E-state index is 0.238. The van der Waals surface area contributed by atoms with Crippen LogP contribution in [0.4, 0.5) is 13.2 Å². The molecule has 20 heavy (non-hydrogen) atoms. The highest BCUT2D eigenvalue weighted by Gasteiger charge is 2.27. The molecule has 0 aliphatic heterocycles. The van der Waals surface area contributed by atoms with Crippen molar-refractivity contribution in [3.8, 4) is 0 Å². The van der Waals surface area contributed by atoms with E-state index in [1.807, 2.05) is 0 Å². The van der Waals surface area contributed by atoms with E-state index < -0.39 is 28.9 Å². The van der Waals surface area contributed by atoms with Crippen molar-refractivity contribution >= 4 is 5.91 Å². The van der Waals surface area contributed by atoms with E-state index in [4.69, 9.17) is 5.73 Å². The van der Waals surface area contributed by atoms with Crippen molar-refractivity contribution in [1.29, 1.82) is 0 Å². The quantitative estimate of drug-likeness (QED) is 0.835. The van der Waals surface area contributed by atoms with Crippen molar-refractivity contribution in [3.05, 3.63) is 35.1 Å². The molecule has 0 bridgehead atoms. The number of carbonyl (C=O) groups is 1. The predicted octanol–water partition coefficient (Wildman–Crippen LogP) is 2.35. The van der Waals surface area contributed by atoms with E-state index in [1.165, 1.54) is 0 Å². The zero-order chi connectivity index (χ0) is 14.7. The molecule has 0 heterocycles. The second-order valence-electron chi connectivity index (χ2n) is 5.08. The van der Waals surface area contributed by atoms with Crippen molar-refractivity contribution in [2.24, 2.45) is 11.7 Å². The van der Waals surface area contributed by atoms with Crippen LogP contribution in [0, 0.1) is 23.4 Å². The minimum Gasteiger partial charge on any atom is -0.348 e. The second kappa shape index (κ2) is 6.26. The first-order chi connectivity index (χ1) is 9.54. The maximum atomic E-state index is 13.5. The van der Waals surface area contributed by atoms with Crippen LogP contribution in [-0.4, -0.2) is 18.5 Å². The van der Waals surface area contributed by atoms with Crippen LogP contribution in [0.2, 0.25) is 0 Å².